The van der Waals surface area contributed by atoms with Crippen LogP contribution >= 0.6 is 0 Å². The van der Waals surface area contributed by atoms with Crippen LogP contribution in [0.5, 0.6) is 0 Å². The van der Waals surface area contributed by atoms with Crippen molar-refractivity contribution in [2.45, 2.75) is 120 Å². The monoisotopic (exact) mass is 652 g/mol. The zero-order chi connectivity index (χ0) is 32.1. The third-order valence-corrected chi connectivity index (χ3v) is 7.79. The summed E-state index contributed by atoms with van der Waals surface area (Å²) in [7, 11) is -7.67. The molecular weight excluding hydrogens is 627 g/mol. The molecule has 242 valence electrons. The van der Waals surface area contributed by atoms with Gasteiger partial charge in [0.15, 0.2) is 6.17 Å². The standard InChI is InChI=1S/C19H25F17O3Si/c1-3-4-5-6-7-8-9-10-11-40(37-13(21,22)12(2)20,38-18(33,34)14(23,24)16(27,28)29)39-19(35,36)15(25,26)17(30,31)32/h12H,3-11H2,1-2H3. The number of halogens is 17. The number of unbranched alkanes of at least 4 members (excludes halogenated alkanes) is 7. The summed E-state index contributed by atoms with van der Waals surface area (Å²) in [6.45, 7) is 1.63. The lowest BCUT2D eigenvalue weighted by atomic mass is 10.1. The number of hydrogen-bond donors (Lipinski definition) is 0. The topological polar surface area (TPSA) is 27.7 Å². The highest BCUT2D eigenvalue weighted by atomic mass is 28.4. The summed E-state index contributed by atoms with van der Waals surface area (Å²) < 4.78 is 235. The van der Waals surface area contributed by atoms with E-state index in [0.717, 1.165) is 12.8 Å². The lowest BCUT2D eigenvalue weighted by Gasteiger charge is -2.40. The van der Waals surface area contributed by atoms with Gasteiger partial charge in [-0.2, -0.15) is 70.2 Å². The maximum Gasteiger partial charge on any atom is 0.514 e. The molecule has 3 nitrogen and oxygen atoms in total. The molecule has 1 atom stereocenters. The van der Waals surface area contributed by atoms with Crippen LogP contribution in [0.15, 0.2) is 0 Å². The summed E-state index contributed by atoms with van der Waals surface area (Å²) >= 11 is 0. The van der Waals surface area contributed by atoms with Crippen LogP contribution in [0.4, 0.5) is 74.6 Å². The Kier molecular flexibility index (Phi) is 13.1. The van der Waals surface area contributed by atoms with Crippen LogP contribution < -0.4 is 0 Å². The fourth-order valence-electron chi connectivity index (χ4n) is 2.83. The van der Waals surface area contributed by atoms with Crippen molar-refractivity contribution in [1.82, 2.24) is 0 Å². The molecule has 0 aliphatic rings. The Morgan fingerprint density at radius 2 is 0.850 bits per heavy atom. The van der Waals surface area contributed by atoms with E-state index in [9.17, 15) is 74.6 Å². The summed E-state index contributed by atoms with van der Waals surface area (Å²) in [4.78, 5) is 0. The highest BCUT2D eigenvalue weighted by Crippen LogP contribution is 2.53. The first kappa shape index (κ1) is 38.9. The minimum Gasteiger partial charge on any atom is -0.311 e. The van der Waals surface area contributed by atoms with Crippen LogP contribution in [-0.2, 0) is 13.3 Å². The van der Waals surface area contributed by atoms with Crippen molar-refractivity contribution in [3.05, 3.63) is 0 Å². The minimum absolute atomic E-state index is 0.0195. The molecule has 0 aromatic rings. The smallest absolute Gasteiger partial charge is 0.311 e. The number of alkyl halides is 17. The second kappa shape index (κ2) is 13.5. The largest absolute Gasteiger partial charge is 0.514 e. The van der Waals surface area contributed by atoms with E-state index >= 15 is 0 Å². The molecule has 0 heterocycles. The lowest BCUT2D eigenvalue weighted by Crippen LogP contribution is -2.66. The zero-order valence-electron chi connectivity index (χ0n) is 20.6. The first-order valence-corrected chi connectivity index (χ1v) is 13.3. The van der Waals surface area contributed by atoms with Gasteiger partial charge < -0.3 is 13.3 Å². The predicted octanol–water partition coefficient (Wildman–Crippen LogP) is 9.65. The van der Waals surface area contributed by atoms with Crippen molar-refractivity contribution >= 4 is 8.80 Å². The fourth-order valence-corrected chi connectivity index (χ4v) is 5.56. The summed E-state index contributed by atoms with van der Waals surface area (Å²) in [5.41, 5.74) is 0. The average molecular weight is 652 g/mol. The Bertz CT molecular complexity index is 728. The van der Waals surface area contributed by atoms with E-state index < -0.39 is 76.4 Å². The molecule has 40 heavy (non-hydrogen) atoms. The van der Waals surface area contributed by atoms with Crippen LogP contribution in [-0.4, -0.2) is 57.5 Å². The number of rotatable bonds is 18. The molecule has 0 aliphatic heterocycles. The third-order valence-electron chi connectivity index (χ3n) is 5.10. The van der Waals surface area contributed by atoms with Crippen LogP contribution in [0.2, 0.25) is 6.04 Å². The Morgan fingerprint density at radius 1 is 0.525 bits per heavy atom. The first-order valence-electron chi connectivity index (χ1n) is 11.4. The van der Waals surface area contributed by atoms with Gasteiger partial charge in [0.05, 0.1) is 0 Å². The molecule has 0 spiro atoms. The summed E-state index contributed by atoms with van der Waals surface area (Å²) in [5, 5.41) is 0. The van der Waals surface area contributed by atoms with Crippen LogP contribution in [0.25, 0.3) is 0 Å². The van der Waals surface area contributed by atoms with E-state index in [2.05, 4.69) is 13.3 Å². The van der Waals surface area contributed by atoms with E-state index in [1.807, 2.05) is 6.92 Å². The van der Waals surface area contributed by atoms with Gasteiger partial charge in [-0.3, -0.25) is 0 Å². The van der Waals surface area contributed by atoms with Gasteiger partial charge in [-0.25, -0.2) is 4.39 Å². The predicted molar refractivity (Wildman–Crippen MR) is 104 cm³/mol. The van der Waals surface area contributed by atoms with Gasteiger partial charge in [0.2, 0.25) is 0 Å². The van der Waals surface area contributed by atoms with Crippen LogP contribution in [0.1, 0.15) is 65.2 Å². The molecule has 0 amide bonds. The van der Waals surface area contributed by atoms with Gasteiger partial charge in [0.25, 0.3) is 0 Å². The number of hydrogen-bond acceptors (Lipinski definition) is 3. The first-order chi connectivity index (χ1) is 17.6. The molecule has 0 rings (SSSR count). The maximum absolute atomic E-state index is 14.0. The van der Waals surface area contributed by atoms with Gasteiger partial charge >= 0.3 is 51.3 Å². The van der Waals surface area contributed by atoms with Crippen molar-refractivity contribution in [2.75, 3.05) is 0 Å². The van der Waals surface area contributed by atoms with Crippen molar-refractivity contribution in [3.63, 3.8) is 0 Å². The fraction of sp³-hybridized carbons (Fsp3) is 1.00. The minimum atomic E-state index is -7.67. The quantitative estimate of drug-likeness (QED) is 0.0839. The van der Waals surface area contributed by atoms with Crippen LogP contribution in [0, 0.1) is 0 Å². The molecule has 0 aromatic carbocycles. The van der Waals surface area contributed by atoms with Gasteiger partial charge in [-0.1, -0.05) is 51.9 Å². The molecule has 0 radical (unpaired) electrons. The Morgan fingerprint density at radius 3 is 1.15 bits per heavy atom. The highest BCUT2D eigenvalue weighted by Gasteiger charge is 2.80. The van der Waals surface area contributed by atoms with Crippen molar-refractivity contribution in [3.8, 4) is 0 Å². The van der Waals surface area contributed by atoms with E-state index in [4.69, 9.17) is 0 Å². The Hall–Kier alpha value is -1.09. The second-order valence-electron chi connectivity index (χ2n) is 8.57. The van der Waals surface area contributed by atoms with Crippen LogP contribution in [0.3, 0.4) is 0 Å². The molecule has 0 aromatic heterocycles. The second-order valence-corrected chi connectivity index (χ2v) is 11.0. The van der Waals surface area contributed by atoms with Gasteiger partial charge in [0, 0.05) is 6.04 Å². The molecule has 0 saturated heterocycles. The summed E-state index contributed by atoms with van der Waals surface area (Å²) in [6.07, 6.45) is -37.3. The van der Waals surface area contributed by atoms with E-state index in [1.54, 1.807) is 0 Å². The lowest BCUT2D eigenvalue weighted by molar-refractivity contribution is -0.433. The SMILES string of the molecule is CCCCCCCCCC[Si](OC(F)(F)C(C)F)(OC(F)(F)C(F)(F)C(F)(F)F)OC(F)(F)C(F)(F)C(F)(F)F. The van der Waals surface area contributed by atoms with Gasteiger partial charge in [-0.05, 0) is 13.3 Å². The molecule has 0 saturated carbocycles. The molecule has 0 bridgehead atoms. The van der Waals surface area contributed by atoms with E-state index in [0.29, 0.717) is 12.8 Å². The van der Waals surface area contributed by atoms with Gasteiger partial charge in [0.1, 0.15) is 0 Å². The van der Waals surface area contributed by atoms with E-state index in [1.165, 1.54) is 0 Å². The highest BCUT2D eigenvalue weighted by molar-refractivity contribution is 6.61. The summed E-state index contributed by atoms with van der Waals surface area (Å²) in [5.74, 6) is -14.9. The van der Waals surface area contributed by atoms with Crippen molar-refractivity contribution in [1.29, 1.82) is 0 Å². The molecule has 21 heteroatoms. The van der Waals surface area contributed by atoms with Crippen molar-refractivity contribution in [2.24, 2.45) is 0 Å². The Labute approximate surface area is 217 Å². The Balaban J connectivity index is 6.70. The molecule has 0 fully saturated rings. The van der Waals surface area contributed by atoms with E-state index in [-0.39, 0.29) is 19.8 Å². The zero-order valence-corrected chi connectivity index (χ0v) is 21.6. The third kappa shape index (κ3) is 9.74. The maximum atomic E-state index is 14.0. The van der Waals surface area contributed by atoms with Gasteiger partial charge in [-0.15, -0.1) is 0 Å². The molecule has 1 unspecified atom stereocenters. The molecule has 0 N–H and O–H groups in total. The van der Waals surface area contributed by atoms with Crippen molar-refractivity contribution < 1.29 is 87.9 Å². The normalized spacial score (nSPS) is 16.0. The molecule has 0 aliphatic carbocycles. The average Bonchev–Trinajstić information content (AvgIpc) is 2.72. The molecular formula is C19H25F17O3Si. The summed E-state index contributed by atoms with van der Waals surface area (Å²) in [6, 6.07) is -2.16.